The highest BCUT2D eigenvalue weighted by molar-refractivity contribution is 5.94. The van der Waals surface area contributed by atoms with Gasteiger partial charge in [-0.25, -0.2) is 4.39 Å². The fourth-order valence-corrected chi connectivity index (χ4v) is 5.23. The smallest absolute Gasteiger partial charge is 0.379 e. The number of alkyl halides is 4. The Kier molecular flexibility index (Phi) is 7.35. The molecule has 0 bridgehead atoms. The molecule has 1 aromatic heterocycles. The molecule has 5 nitrogen and oxygen atoms in total. The van der Waals surface area contributed by atoms with E-state index >= 15 is 0 Å². The minimum atomic E-state index is -4.45. The van der Waals surface area contributed by atoms with E-state index in [0.29, 0.717) is 29.6 Å². The lowest BCUT2D eigenvalue weighted by atomic mass is 10.0. The van der Waals surface area contributed by atoms with Crippen molar-refractivity contribution in [1.82, 2.24) is 14.8 Å². The molecule has 0 radical (unpaired) electrons. The van der Waals surface area contributed by atoms with Crippen LogP contribution < -0.4 is 10.6 Å². The summed E-state index contributed by atoms with van der Waals surface area (Å²) >= 11 is 0. The van der Waals surface area contributed by atoms with E-state index in [1.807, 2.05) is 42.3 Å². The number of aromatic nitrogens is 1. The molecule has 2 N–H and O–H groups in total. The van der Waals surface area contributed by atoms with Crippen molar-refractivity contribution in [2.75, 3.05) is 32.0 Å². The third-order valence-electron chi connectivity index (χ3n) is 7.29. The minimum Gasteiger partial charge on any atom is -0.379 e. The molecule has 2 aromatic carbocycles. The van der Waals surface area contributed by atoms with Gasteiger partial charge in [-0.05, 0) is 55.5 Å². The topological polar surface area (TPSA) is 49.3 Å². The number of likely N-dealkylation sites (tertiary alicyclic amines) is 1. The standard InChI is InChI=1S/C29H30F4N4O/c1-36-14-12-26(24(30)17-36)35-25-10-5-11-27-23(25)15-20(37(27)18-29(31,32)33)9-6-13-34-28(38)22-16-21(22)19-7-3-2-4-8-19/h2-5,7-8,10-11,15,21-22,24,26,35H,12-14,16-18H2,1H3,(H,34,38)/t21-,22+,24-,26+/m0/s1. The van der Waals surface area contributed by atoms with Crippen LogP contribution in [0, 0.1) is 17.8 Å². The van der Waals surface area contributed by atoms with Crippen LogP contribution in [0.15, 0.2) is 54.6 Å². The molecule has 200 valence electrons. The number of hydrogen-bond acceptors (Lipinski definition) is 3. The zero-order valence-corrected chi connectivity index (χ0v) is 21.1. The molecule has 2 heterocycles. The molecule has 5 rings (SSSR count). The van der Waals surface area contributed by atoms with E-state index < -0.39 is 24.9 Å². The Morgan fingerprint density at radius 1 is 1.13 bits per heavy atom. The van der Waals surface area contributed by atoms with Gasteiger partial charge < -0.3 is 20.1 Å². The van der Waals surface area contributed by atoms with Crippen LogP contribution in [0.3, 0.4) is 0 Å². The van der Waals surface area contributed by atoms with Crippen molar-refractivity contribution in [2.45, 2.75) is 43.7 Å². The monoisotopic (exact) mass is 526 g/mol. The second-order valence-corrected chi connectivity index (χ2v) is 10.2. The van der Waals surface area contributed by atoms with Gasteiger partial charge in [0.15, 0.2) is 0 Å². The number of nitrogens with one attached hydrogen (secondary N) is 2. The van der Waals surface area contributed by atoms with Gasteiger partial charge >= 0.3 is 6.18 Å². The van der Waals surface area contributed by atoms with Crippen LogP contribution in [0.25, 0.3) is 10.9 Å². The molecule has 2 aliphatic rings. The van der Waals surface area contributed by atoms with E-state index in [1.165, 1.54) is 0 Å². The van der Waals surface area contributed by atoms with Gasteiger partial charge in [0.05, 0.1) is 23.8 Å². The Morgan fingerprint density at radius 2 is 1.92 bits per heavy atom. The first-order valence-corrected chi connectivity index (χ1v) is 12.8. The lowest BCUT2D eigenvalue weighted by molar-refractivity contribution is -0.140. The summed E-state index contributed by atoms with van der Waals surface area (Å²) in [6, 6.07) is 16.0. The van der Waals surface area contributed by atoms with Crippen molar-refractivity contribution in [3.8, 4) is 11.8 Å². The Morgan fingerprint density at radius 3 is 2.66 bits per heavy atom. The number of benzene rings is 2. The number of piperidine rings is 1. The molecule has 0 spiro atoms. The van der Waals surface area contributed by atoms with Crippen LogP contribution in [0.1, 0.15) is 30.0 Å². The van der Waals surface area contributed by atoms with Crippen LogP contribution in [-0.2, 0) is 11.3 Å². The Bertz CT molecular complexity index is 1360. The van der Waals surface area contributed by atoms with E-state index in [-0.39, 0.29) is 30.0 Å². The summed E-state index contributed by atoms with van der Waals surface area (Å²) in [5.74, 6) is 5.61. The predicted molar refractivity (Wildman–Crippen MR) is 140 cm³/mol. The fourth-order valence-electron chi connectivity index (χ4n) is 5.23. The quantitative estimate of drug-likeness (QED) is 0.354. The average Bonchev–Trinajstić information content (AvgIpc) is 3.61. The van der Waals surface area contributed by atoms with Gasteiger partial charge in [0.25, 0.3) is 0 Å². The maximum absolute atomic E-state index is 14.6. The van der Waals surface area contributed by atoms with E-state index in [4.69, 9.17) is 0 Å². The van der Waals surface area contributed by atoms with Crippen molar-refractivity contribution >= 4 is 22.5 Å². The summed E-state index contributed by atoms with van der Waals surface area (Å²) in [5.41, 5.74) is 2.26. The van der Waals surface area contributed by atoms with Gasteiger partial charge in [0.1, 0.15) is 12.7 Å². The predicted octanol–water partition coefficient (Wildman–Crippen LogP) is 4.93. The van der Waals surface area contributed by atoms with E-state index in [1.54, 1.807) is 24.3 Å². The van der Waals surface area contributed by atoms with E-state index in [2.05, 4.69) is 22.5 Å². The maximum Gasteiger partial charge on any atom is 0.406 e. The second kappa shape index (κ2) is 10.7. The minimum absolute atomic E-state index is 0.0363. The summed E-state index contributed by atoms with van der Waals surface area (Å²) in [6.07, 6.45) is -4.17. The van der Waals surface area contributed by atoms with Crippen molar-refractivity contribution < 1.29 is 22.4 Å². The largest absolute Gasteiger partial charge is 0.406 e. The van der Waals surface area contributed by atoms with Gasteiger partial charge in [-0.1, -0.05) is 42.3 Å². The fraction of sp³-hybridized carbons (Fsp3) is 0.414. The highest BCUT2D eigenvalue weighted by Crippen LogP contribution is 2.47. The third-order valence-corrected chi connectivity index (χ3v) is 7.29. The Hall–Kier alpha value is -3.51. The summed E-state index contributed by atoms with van der Waals surface area (Å²) in [6.45, 7) is -0.123. The molecular weight excluding hydrogens is 496 g/mol. The summed E-state index contributed by atoms with van der Waals surface area (Å²) in [7, 11) is 1.86. The van der Waals surface area contributed by atoms with Crippen molar-refractivity contribution in [3.05, 3.63) is 65.9 Å². The number of anilines is 1. The molecule has 3 aromatic rings. The molecule has 4 atom stereocenters. The molecule has 1 amide bonds. The zero-order valence-electron chi connectivity index (χ0n) is 21.1. The number of halogens is 4. The summed E-state index contributed by atoms with van der Waals surface area (Å²) in [4.78, 5) is 14.4. The SMILES string of the molecule is CN1CC[C@@H](Nc2cccc3c2cc(C#CCNC(=O)[C@@H]2C[C@H]2c2ccccc2)n3CC(F)(F)F)[C@@H](F)C1. The van der Waals surface area contributed by atoms with Gasteiger partial charge in [0.2, 0.25) is 5.91 Å². The van der Waals surface area contributed by atoms with Crippen molar-refractivity contribution in [2.24, 2.45) is 5.92 Å². The first-order chi connectivity index (χ1) is 18.2. The number of fused-ring (bicyclic) bond motifs is 1. The lowest BCUT2D eigenvalue weighted by Crippen LogP contribution is -2.46. The number of carbonyl (C=O) groups excluding carboxylic acids is 1. The molecule has 1 saturated heterocycles. The third kappa shape index (κ3) is 5.97. The lowest BCUT2D eigenvalue weighted by Gasteiger charge is -2.33. The van der Waals surface area contributed by atoms with Crippen LogP contribution in [0.5, 0.6) is 0 Å². The number of hydrogen-bond donors (Lipinski definition) is 2. The van der Waals surface area contributed by atoms with Gasteiger partial charge in [-0.15, -0.1) is 0 Å². The molecule has 1 saturated carbocycles. The zero-order chi connectivity index (χ0) is 26.9. The molecule has 1 aliphatic heterocycles. The summed E-state index contributed by atoms with van der Waals surface area (Å²) in [5, 5.41) is 6.56. The average molecular weight is 527 g/mol. The Labute approximate surface area is 219 Å². The number of amides is 1. The van der Waals surface area contributed by atoms with Gasteiger partial charge in [-0.2, -0.15) is 13.2 Å². The van der Waals surface area contributed by atoms with Crippen LogP contribution in [0.2, 0.25) is 0 Å². The van der Waals surface area contributed by atoms with Gasteiger partial charge in [0, 0.05) is 30.1 Å². The van der Waals surface area contributed by atoms with Crippen molar-refractivity contribution in [1.29, 1.82) is 0 Å². The molecule has 38 heavy (non-hydrogen) atoms. The van der Waals surface area contributed by atoms with Crippen LogP contribution >= 0.6 is 0 Å². The number of nitrogens with zero attached hydrogens (tertiary/aromatic N) is 2. The van der Waals surface area contributed by atoms with Crippen molar-refractivity contribution in [3.63, 3.8) is 0 Å². The highest BCUT2D eigenvalue weighted by Gasteiger charge is 2.43. The van der Waals surface area contributed by atoms with Crippen LogP contribution in [-0.4, -0.2) is 60.4 Å². The molecule has 1 aliphatic carbocycles. The first kappa shape index (κ1) is 26.1. The summed E-state index contributed by atoms with van der Waals surface area (Å²) < 4.78 is 56.1. The maximum atomic E-state index is 14.6. The first-order valence-electron chi connectivity index (χ1n) is 12.8. The molecule has 0 unspecified atom stereocenters. The number of carbonyl (C=O) groups is 1. The second-order valence-electron chi connectivity index (χ2n) is 10.2. The molecular formula is C29H30F4N4O. The molecule has 2 fully saturated rings. The highest BCUT2D eigenvalue weighted by atomic mass is 19.4. The Balaban J connectivity index is 1.32. The van der Waals surface area contributed by atoms with E-state index in [9.17, 15) is 22.4 Å². The van der Waals surface area contributed by atoms with Gasteiger partial charge in [-0.3, -0.25) is 4.79 Å². The van der Waals surface area contributed by atoms with E-state index in [0.717, 1.165) is 23.1 Å². The number of rotatable bonds is 6. The van der Waals surface area contributed by atoms with Crippen LogP contribution in [0.4, 0.5) is 23.2 Å². The molecule has 9 heteroatoms. The normalized spacial score (nSPS) is 23.5.